The van der Waals surface area contributed by atoms with Crippen LogP contribution in [0.3, 0.4) is 0 Å². The van der Waals surface area contributed by atoms with Crippen molar-refractivity contribution in [3.05, 3.63) is 0 Å². The van der Waals surface area contributed by atoms with Gasteiger partial charge in [-0.3, -0.25) is 37.3 Å². The summed E-state index contributed by atoms with van der Waals surface area (Å²) >= 11 is 0. The first-order valence-corrected chi connectivity index (χ1v) is 45.0. The Labute approximate surface area is 613 Å². The fourth-order valence-electron chi connectivity index (χ4n) is 12.5. The number of carbonyl (C=O) groups is 4. The highest BCUT2D eigenvalue weighted by Crippen LogP contribution is 2.45. The Morgan fingerprint density at radius 3 is 0.680 bits per heavy atom. The van der Waals surface area contributed by atoms with Crippen molar-refractivity contribution in [2.75, 3.05) is 39.6 Å². The lowest BCUT2D eigenvalue weighted by Crippen LogP contribution is -2.30. The second-order valence-corrected chi connectivity index (χ2v) is 33.0. The van der Waals surface area contributed by atoms with E-state index in [9.17, 15) is 43.2 Å². The molecule has 0 saturated carbocycles. The molecular formula is C81H158O17P2. The van der Waals surface area contributed by atoms with E-state index in [0.29, 0.717) is 25.7 Å². The van der Waals surface area contributed by atoms with Crippen LogP contribution in [0.15, 0.2) is 0 Å². The monoisotopic (exact) mass is 1470 g/mol. The van der Waals surface area contributed by atoms with Gasteiger partial charge in [0, 0.05) is 25.7 Å². The minimum atomic E-state index is -4.96. The maximum absolute atomic E-state index is 13.1. The van der Waals surface area contributed by atoms with Crippen LogP contribution in [-0.2, 0) is 65.4 Å². The summed E-state index contributed by atoms with van der Waals surface area (Å²) in [6.07, 6.45) is 62.5. The molecule has 0 fully saturated rings. The quantitative estimate of drug-likeness (QED) is 0.0222. The standard InChI is InChI=1S/C81H158O17P2/c1-7-9-11-13-15-17-18-19-20-21-22-23-27-30-33-40-46-52-58-64-79(84)92-70-77(97-80(85)65-59-53-47-41-34-31-28-25-24-26-29-32-38-43-49-55-61-73(3)4)72-96-100(89,90)94-68-75(82)67-93-99(87,88)95-71-76(69-91-78(83)63-57-51-45-37-16-14-12-10-8-2)98-81(86)66-60-54-48-42-36-35-39-44-50-56-62-74(5)6/h73-77,82H,7-72H2,1-6H3,(H,87,88)(H,89,90)/t75-,76+,77+/m0/s1. The maximum Gasteiger partial charge on any atom is 0.472 e. The van der Waals surface area contributed by atoms with Gasteiger partial charge in [-0.05, 0) is 37.5 Å². The van der Waals surface area contributed by atoms with Crippen LogP contribution in [0, 0.1) is 11.8 Å². The molecule has 0 saturated heterocycles. The van der Waals surface area contributed by atoms with E-state index in [1.54, 1.807) is 0 Å². The third-order valence-corrected chi connectivity index (χ3v) is 20.9. The van der Waals surface area contributed by atoms with Crippen molar-refractivity contribution >= 4 is 39.5 Å². The largest absolute Gasteiger partial charge is 0.472 e. The lowest BCUT2D eigenvalue weighted by Gasteiger charge is -2.21. The van der Waals surface area contributed by atoms with Gasteiger partial charge < -0.3 is 33.8 Å². The number of ether oxygens (including phenoxy) is 4. The highest BCUT2D eigenvalue weighted by molar-refractivity contribution is 7.47. The van der Waals surface area contributed by atoms with Crippen molar-refractivity contribution in [1.82, 2.24) is 0 Å². The number of aliphatic hydroxyl groups is 1. The van der Waals surface area contributed by atoms with Gasteiger partial charge in [-0.2, -0.15) is 0 Å². The molecule has 0 aliphatic rings. The SMILES string of the molecule is CCCCCCCCCCCCCCCCCCCCCC(=O)OC[C@H](COP(=O)(O)OC[C@@H](O)COP(=O)(O)OC[C@@H](COC(=O)CCCCCCCCCCC)OC(=O)CCCCCCCCCCCCC(C)C)OC(=O)CCCCCCCCCCCCCCCCCCC(C)C. The van der Waals surface area contributed by atoms with Crippen molar-refractivity contribution in [1.29, 1.82) is 0 Å². The highest BCUT2D eigenvalue weighted by Gasteiger charge is 2.30. The van der Waals surface area contributed by atoms with E-state index in [1.807, 2.05) is 0 Å². The number of phosphoric ester groups is 2. The number of carbonyl (C=O) groups excluding carboxylic acids is 4. The number of esters is 4. The topological polar surface area (TPSA) is 237 Å². The molecule has 0 heterocycles. The number of hydrogen-bond donors (Lipinski definition) is 3. The zero-order valence-electron chi connectivity index (χ0n) is 65.5. The summed E-state index contributed by atoms with van der Waals surface area (Å²) in [5, 5.41) is 10.6. The molecule has 17 nitrogen and oxygen atoms in total. The molecular weight excluding hydrogens is 1310 g/mol. The zero-order valence-corrected chi connectivity index (χ0v) is 67.3. The lowest BCUT2D eigenvalue weighted by atomic mass is 10.0. The first kappa shape index (κ1) is 98.1. The molecule has 0 aromatic heterocycles. The van der Waals surface area contributed by atoms with Crippen LogP contribution in [0.4, 0.5) is 0 Å². The fourth-order valence-corrected chi connectivity index (χ4v) is 14.1. The molecule has 5 atom stereocenters. The van der Waals surface area contributed by atoms with Gasteiger partial charge in [-0.15, -0.1) is 0 Å². The smallest absolute Gasteiger partial charge is 0.462 e. The first-order valence-electron chi connectivity index (χ1n) is 42.0. The van der Waals surface area contributed by atoms with Crippen molar-refractivity contribution in [3.8, 4) is 0 Å². The molecule has 0 bridgehead atoms. The van der Waals surface area contributed by atoms with Gasteiger partial charge in [0.25, 0.3) is 0 Å². The summed E-state index contributed by atoms with van der Waals surface area (Å²) in [6.45, 7) is 9.64. The molecule has 0 rings (SSSR count). The maximum atomic E-state index is 13.1. The van der Waals surface area contributed by atoms with Gasteiger partial charge in [-0.1, -0.05) is 375 Å². The summed E-state index contributed by atoms with van der Waals surface area (Å²) in [5.74, 6) is -0.549. The Morgan fingerprint density at radius 2 is 0.460 bits per heavy atom. The van der Waals surface area contributed by atoms with Crippen molar-refractivity contribution in [2.24, 2.45) is 11.8 Å². The predicted octanol–water partition coefficient (Wildman–Crippen LogP) is 24.3. The Hall–Kier alpha value is -1.94. The summed E-state index contributed by atoms with van der Waals surface area (Å²) in [5.41, 5.74) is 0. The molecule has 0 aromatic rings. The van der Waals surface area contributed by atoms with Crippen LogP contribution in [-0.4, -0.2) is 96.7 Å². The number of rotatable bonds is 80. The third kappa shape index (κ3) is 74.3. The molecule has 19 heteroatoms. The van der Waals surface area contributed by atoms with Crippen LogP contribution in [0.5, 0.6) is 0 Å². The van der Waals surface area contributed by atoms with Crippen LogP contribution in [0.1, 0.15) is 427 Å². The average Bonchev–Trinajstić information content (AvgIpc) is 0.981. The average molecular weight is 1470 g/mol. The Bertz CT molecular complexity index is 1920. The number of unbranched alkanes of at least 4 members (excludes halogenated alkanes) is 50. The van der Waals surface area contributed by atoms with Gasteiger partial charge >= 0.3 is 39.5 Å². The van der Waals surface area contributed by atoms with E-state index in [2.05, 4.69) is 41.5 Å². The second kappa shape index (κ2) is 72.6. The van der Waals surface area contributed by atoms with Crippen LogP contribution >= 0.6 is 15.6 Å². The van der Waals surface area contributed by atoms with E-state index < -0.39 is 97.5 Å². The summed E-state index contributed by atoms with van der Waals surface area (Å²) in [4.78, 5) is 73.0. The normalized spacial score (nSPS) is 13.9. The Morgan fingerprint density at radius 1 is 0.270 bits per heavy atom. The minimum absolute atomic E-state index is 0.106. The Kier molecular flexibility index (Phi) is 71.2. The van der Waals surface area contributed by atoms with E-state index in [1.165, 1.54) is 244 Å². The van der Waals surface area contributed by atoms with Crippen molar-refractivity contribution < 1.29 is 80.2 Å². The van der Waals surface area contributed by atoms with Crippen LogP contribution in [0.25, 0.3) is 0 Å². The number of phosphoric acid groups is 2. The summed E-state index contributed by atoms with van der Waals surface area (Å²) in [7, 11) is -9.92. The molecule has 594 valence electrons. The van der Waals surface area contributed by atoms with Gasteiger partial charge in [0.15, 0.2) is 12.2 Å². The van der Waals surface area contributed by atoms with Gasteiger partial charge in [0.05, 0.1) is 26.4 Å². The highest BCUT2D eigenvalue weighted by atomic mass is 31.2. The number of hydrogen-bond acceptors (Lipinski definition) is 15. The van der Waals surface area contributed by atoms with E-state index in [4.69, 9.17) is 37.0 Å². The molecule has 0 spiro atoms. The molecule has 0 radical (unpaired) electrons. The fraction of sp³-hybridized carbons (Fsp3) is 0.951. The molecule has 0 amide bonds. The molecule has 0 aromatic carbocycles. The molecule has 0 aliphatic carbocycles. The summed E-state index contributed by atoms with van der Waals surface area (Å²) < 4.78 is 68.7. The zero-order chi connectivity index (χ0) is 73.5. The van der Waals surface area contributed by atoms with Crippen LogP contribution < -0.4 is 0 Å². The Balaban J connectivity index is 5.21. The van der Waals surface area contributed by atoms with Crippen molar-refractivity contribution in [2.45, 2.75) is 445 Å². The first-order chi connectivity index (χ1) is 48.4. The predicted molar refractivity (Wildman–Crippen MR) is 409 cm³/mol. The molecule has 0 aliphatic heterocycles. The van der Waals surface area contributed by atoms with Gasteiger partial charge in [0.1, 0.15) is 19.3 Å². The van der Waals surface area contributed by atoms with Crippen LogP contribution in [0.2, 0.25) is 0 Å². The second-order valence-electron chi connectivity index (χ2n) is 30.1. The molecule has 100 heavy (non-hydrogen) atoms. The molecule has 2 unspecified atom stereocenters. The minimum Gasteiger partial charge on any atom is -0.462 e. The third-order valence-electron chi connectivity index (χ3n) is 19.0. The van der Waals surface area contributed by atoms with E-state index in [0.717, 1.165) is 102 Å². The summed E-state index contributed by atoms with van der Waals surface area (Å²) in [6, 6.07) is 0. The van der Waals surface area contributed by atoms with Crippen molar-refractivity contribution in [3.63, 3.8) is 0 Å². The van der Waals surface area contributed by atoms with Gasteiger partial charge in [-0.25, -0.2) is 9.13 Å². The van der Waals surface area contributed by atoms with Gasteiger partial charge in [0.2, 0.25) is 0 Å². The lowest BCUT2D eigenvalue weighted by molar-refractivity contribution is -0.161. The van der Waals surface area contributed by atoms with E-state index in [-0.39, 0.29) is 25.7 Å². The van der Waals surface area contributed by atoms with E-state index >= 15 is 0 Å². The number of aliphatic hydroxyl groups excluding tert-OH is 1. The molecule has 3 N–H and O–H groups in total.